The molecule has 0 aliphatic carbocycles. The molecule has 0 saturated heterocycles. The molecule has 3 nitrogen and oxygen atoms in total. The zero-order valence-corrected chi connectivity index (χ0v) is 12.1. The van der Waals surface area contributed by atoms with E-state index in [0.29, 0.717) is 13.2 Å². The minimum absolute atomic E-state index is 0.112. The second kappa shape index (κ2) is 7.82. The van der Waals surface area contributed by atoms with E-state index in [4.69, 9.17) is 9.47 Å². The van der Waals surface area contributed by atoms with Crippen molar-refractivity contribution in [2.24, 2.45) is 5.41 Å². The van der Waals surface area contributed by atoms with Gasteiger partial charge in [0.15, 0.2) is 0 Å². The Balaban J connectivity index is 2.07. The highest BCUT2D eigenvalue weighted by atomic mass is 16.5. The molecule has 0 saturated carbocycles. The Morgan fingerprint density at radius 3 is 2.37 bits per heavy atom. The quantitative estimate of drug-likeness (QED) is 0.529. The Hall–Kier alpha value is -1.51. The minimum Gasteiger partial charge on any atom is -0.494 e. The monoisotopic (exact) mass is 264 g/mol. The Morgan fingerprint density at radius 2 is 1.74 bits per heavy atom. The van der Waals surface area contributed by atoms with Gasteiger partial charge in [0.2, 0.25) is 0 Å². The zero-order chi connectivity index (χ0) is 14.1. The van der Waals surface area contributed by atoms with Crippen molar-refractivity contribution in [3.05, 3.63) is 30.3 Å². The Kier molecular flexibility index (Phi) is 6.40. The normalized spacial score (nSPS) is 11.1. The molecule has 3 heteroatoms. The fraction of sp³-hybridized carbons (Fsp3) is 0.562. The van der Waals surface area contributed by atoms with Crippen LogP contribution in [0.5, 0.6) is 5.75 Å². The van der Waals surface area contributed by atoms with Gasteiger partial charge in [-0.05, 0) is 45.2 Å². The third kappa shape index (κ3) is 5.77. The summed E-state index contributed by atoms with van der Waals surface area (Å²) in [7, 11) is 0. The van der Waals surface area contributed by atoms with E-state index < -0.39 is 0 Å². The van der Waals surface area contributed by atoms with E-state index in [1.165, 1.54) is 0 Å². The Labute approximate surface area is 115 Å². The molecule has 0 atom stereocenters. The molecule has 0 aromatic heterocycles. The number of para-hydroxylation sites is 1. The summed E-state index contributed by atoms with van der Waals surface area (Å²) in [5.74, 6) is 0.769. The molecule has 19 heavy (non-hydrogen) atoms. The molecule has 106 valence electrons. The van der Waals surface area contributed by atoms with Crippen molar-refractivity contribution in [3.63, 3.8) is 0 Å². The average Bonchev–Trinajstić information content (AvgIpc) is 2.43. The van der Waals surface area contributed by atoms with Gasteiger partial charge in [-0.25, -0.2) is 0 Å². The third-order valence-electron chi connectivity index (χ3n) is 3.22. The average molecular weight is 264 g/mol. The van der Waals surface area contributed by atoms with Crippen LogP contribution in [-0.4, -0.2) is 19.2 Å². The summed E-state index contributed by atoms with van der Waals surface area (Å²) in [6.45, 7) is 6.94. The molecule has 0 heterocycles. The fourth-order valence-corrected chi connectivity index (χ4v) is 1.42. The van der Waals surface area contributed by atoms with E-state index in [2.05, 4.69) is 0 Å². The first kappa shape index (κ1) is 15.5. The van der Waals surface area contributed by atoms with Crippen LogP contribution in [0.15, 0.2) is 30.3 Å². The second-order valence-corrected chi connectivity index (χ2v) is 5.24. The van der Waals surface area contributed by atoms with E-state index in [0.717, 1.165) is 25.0 Å². The lowest BCUT2D eigenvalue weighted by Gasteiger charge is -2.20. The molecule has 0 spiro atoms. The molecule has 1 aromatic carbocycles. The highest BCUT2D eigenvalue weighted by Crippen LogP contribution is 2.21. The van der Waals surface area contributed by atoms with Gasteiger partial charge in [-0.3, -0.25) is 4.79 Å². The summed E-state index contributed by atoms with van der Waals surface area (Å²) in [6.07, 6.45) is 2.51. The first-order valence-corrected chi connectivity index (χ1v) is 6.91. The smallest absolute Gasteiger partial charge is 0.311 e. The van der Waals surface area contributed by atoms with Crippen molar-refractivity contribution in [1.82, 2.24) is 0 Å². The number of unbranched alkanes of at least 4 members (excludes halogenated alkanes) is 1. The van der Waals surface area contributed by atoms with Crippen LogP contribution < -0.4 is 4.74 Å². The van der Waals surface area contributed by atoms with Gasteiger partial charge in [0.05, 0.1) is 18.6 Å². The fourth-order valence-electron chi connectivity index (χ4n) is 1.42. The van der Waals surface area contributed by atoms with Gasteiger partial charge in [-0.1, -0.05) is 25.1 Å². The van der Waals surface area contributed by atoms with Crippen LogP contribution in [-0.2, 0) is 9.53 Å². The van der Waals surface area contributed by atoms with E-state index in [9.17, 15) is 4.79 Å². The molecule has 0 bridgehead atoms. The molecule has 1 aromatic rings. The van der Waals surface area contributed by atoms with Crippen LogP contribution in [0.25, 0.3) is 0 Å². The van der Waals surface area contributed by atoms with Crippen molar-refractivity contribution < 1.29 is 14.3 Å². The maximum atomic E-state index is 11.7. The lowest BCUT2D eigenvalue weighted by molar-refractivity contribution is -0.154. The number of carbonyl (C=O) groups is 1. The van der Waals surface area contributed by atoms with Crippen LogP contribution in [0.2, 0.25) is 0 Å². The van der Waals surface area contributed by atoms with Crippen LogP contribution in [0.1, 0.15) is 40.0 Å². The molecular weight excluding hydrogens is 240 g/mol. The SMILES string of the molecule is CCC(C)(C)C(=O)OCCCCOc1ccccc1. The molecule has 0 radical (unpaired) electrons. The molecule has 0 aliphatic rings. The molecule has 0 aliphatic heterocycles. The van der Waals surface area contributed by atoms with Crippen LogP contribution >= 0.6 is 0 Å². The van der Waals surface area contributed by atoms with Crippen molar-refractivity contribution in [2.75, 3.05) is 13.2 Å². The van der Waals surface area contributed by atoms with Crippen molar-refractivity contribution in [2.45, 2.75) is 40.0 Å². The molecule has 0 N–H and O–H groups in total. The maximum absolute atomic E-state index is 11.7. The summed E-state index contributed by atoms with van der Waals surface area (Å²) in [5, 5.41) is 0. The standard InChI is InChI=1S/C16H24O3/c1-4-16(2,3)15(17)19-13-9-8-12-18-14-10-6-5-7-11-14/h5-7,10-11H,4,8-9,12-13H2,1-3H3. The van der Waals surface area contributed by atoms with Crippen molar-refractivity contribution in [1.29, 1.82) is 0 Å². The third-order valence-corrected chi connectivity index (χ3v) is 3.22. The summed E-state index contributed by atoms with van der Waals surface area (Å²) in [5.41, 5.74) is -0.374. The summed E-state index contributed by atoms with van der Waals surface area (Å²) >= 11 is 0. The van der Waals surface area contributed by atoms with Gasteiger partial charge < -0.3 is 9.47 Å². The predicted octanol–water partition coefficient (Wildman–Crippen LogP) is 3.83. The van der Waals surface area contributed by atoms with Crippen LogP contribution in [0.3, 0.4) is 0 Å². The Morgan fingerprint density at radius 1 is 1.11 bits per heavy atom. The predicted molar refractivity (Wildman–Crippen MR) is 76.2 cm³/mol. The number of ether oxygens (including phenoxy) is 2. The highest BCUT2D eigenvalue weighted by Gasteiger charge is 2.26. The number of carbonyl (C=O) groups excluding carboxylic acids is 1. The summed E-state index contributed by atoms with van der Waals surface area (Å²) in [4.78, 5) is 11.7. The van der Waals surface area contributed by atoms with E-state index in [-0.39, 0.29) is 11.4 Å². The number of esters is 1. The summed E-state index contributed by atoms with van der Waals surface area (Å²) < 4.78 is 10.8. The van der Waals surface area contributed by atoms with E-state index >= 15 is 0 Å². The van der Waals surface area contributed by atoms with E-state index in [1.54, 1.807) is 0 Å². The largest absolute Gasteiger partial charge is 0.494 e. The summed E-state index contributed by atoms with van der Waals surface area (Å²) in [6, 6.07) is 9.73. The minimum atomic E-state index is -0.374. The van der Waals surface area contributed by atoms with Gasteiger partial charge in [0, 0.05) is 0 Å². The topological polar surface area (TPSA) is 35.5 Å². The second-order valence-electron chi connectivity index (χ2n) is 5.24. The molecule has 0 amide bonds. The number of hydrogen-bond donors (Lipinski definition) is 0. The first-order valence-electron chi connectivity index (χ1n) is 6.91. The van der Waals surface area contributed by atoms with Gasteiger partial charge >= 0.3 is 5.97 Å². The molecular formula is C16H24O3. The van der Waals surface area contributed by atoms with Crippen LogP contribution in [0, 0.1) is 5.41 Å². The lowest BCUT2D eigenvalue weighted by atomic mass is 9.91. The van der Waals surface area contributed by atoms with Gasteiger partial charge in [0.1, 0.15) is 5.75 Å². The first-order chi connectivity index (χ1) is 9.06. The molecule has 0 fully saturated rings. The maximum Gasteiger partial charge on any atom is 0.311 e. The van der Waals surface area contributed by atoms with Gasteiger partial charge in [-0.2, -0.15) is 0 Å². The Bertz CT molecular complexity index is 371. The van der Waals surface area contributed by atoms with Gasteiger partial charge in [0.25, 0.3) is 0 Å². The lowest BCUT2D eigenvalue weighted by Crippen LogP contribution is -2.26. The van der Waals surface area contributed by atoms with E-state index in [1.807, 2.05) is 51.1 Å². The number of rotatable bonds is 8. The zero-order valence-electron chi connectivity index (χ0n) is 12.1. The number of benzene rings is 1. The van der Waals surface area contributed by atoms with Crippen LogP contribution in [0.4, 0.5) is 0 Å². The highest BCUT2D eigenvalue weighted by molar-refractivity contribution is 5.75. The molecule has 1 rings (SSSR count). The number of hydrogen-bond acceptors (Lipinski definition) is 3. The van der Waals surface area contributed by atoms with Crippen molar-refractivity contribution >= 4 is 5.97 Å². The van der Waals surface area contributed by atoms with Gasteiger partial charge in [-0.15, -0.1) is 0 Å². The van der Waals surface area contributed by atoms with Crippen molar-refractivity contribution in [3.8, 4) is 5.75 Å². The molecule has 0 unspecified atom stereocenters.